The number of amides is 1. The van der Waals surface area contributed by atoms with Crippen molar-refractivity contribution in [3.05, 3.63) is 59.4 Å². The molecule has 0 saturated heterocycles. The lowest BCUT2D eigenvalue weighted by Gasteiger charge is -2.18. The number of halogens is 1. The van der Waals surface area contributed by atoms with Crippen LogP contribution in [0.25, 0.3) is 0 Å². The molecular weight excluding hydrogens is 245 g/mol. The Kier molecular flexibility index (Phi) is 3.51. The molecule has 0 saturated carbocycles. The molecule has 0 aliphatic heterocycles. The highest BCUT2D eigenvalue weighted by molar-refractivity contribution is 6.07. The second-order valence-corrected chi connectivity index (χ2v) is 4.34. The number of aryl methyl sites for hydroxylation is 1. The number of phenolic OH excluding ortho intramolecular Hbond substituents is 1. The number of rotatable bonds is 2. The summed E-state index contributed by atoms with van der Waals surface area (Å²) >= 11 is 0. The van der Waals surface area contributed by atoms with Gasteiger partial charge in [-0.15, -0.1) is 0 Å². The van der Waals surface area contributed by atoms with Crippen molar-refractivity contribution in [3.63, 3.8) is 0 Å². The third-order valence-corrected chi connectivity index (χ3v) is 2.90. The van der Waals surface area contributed by atoms with Gasteiger partial charge in [-0.05, 0) is 36.8 Å². The van der Waals surface area contributed by atoms with E-state index in [9.17, 15) is 14.3 Å². The number of carbonyl (C=O) groups excluding carboxylic acids is 1. The first kappa shape index (κ1) is 13.1. The van der Waals surface area contributed by atoms with Gasteiger partial charge in [0.05, 0.1) is 0 Å². The van der Waals surface area contributed by atoms with Crippen LogP contribution in [0.2, 0.25) is 0 Å². The number of nitrogens with zero attached hydrogens (tertiary/aromatic N) is 1. The molecule has 0 spiro atoms. The number of carbonyl (C=O) groups is 1. The Balaban J connectivity index is 2.39. The standard InChI is InChI=1S/C15H14FNO2/c1-10-5-3-6-11(9-10)17(2)15(19)14-12(16)7-4-8-13(14)18/h3-9,18H,1-2H3. The zero-order chi connectivity index (χ0) is 14.0. The summed E-state index contributed by atoms with van der Waals surface area (Å²) in [5.41, 5.74) is 1.33. The fourth-order valence-corrected chi connectivity index (χ4v) is 1.85. The summed E-state index contributed by atoms with van der Waals surface area (Å²) in [5.74, 6) is -1.67. The Labute approximate surface area is 110 Å². The molecule has 98 valence electrons. The van der Waals surface area contributed by atoms with Gasteiger partial charge in [-0.1, -0.05) is 18.2 Å². The second kappa shape index (κ2) is 5.10. The Morgan fingerprint density at radius 3 is 2.53 bits per heavy atom. The highest BCUT2D eigenvalue weighted by Gasteiger charge is 2.21. The summed E-state index contributed by atoms with van der Waals surface area (Å²) in [5, 5.41) is 9.62. The van der Waals surface area contributed by atoms with Crippen LogP contribution in [0.3, 0.4) is 0 Å². The molecule has 0 bridgehead atoms. The van der Waals surface area contributed by atoms with E-state index in [4.69, 9.17) is 0 Å². The van der Waals surface area contributed by atoms with Crippen molar-refractivity contribution >= 4 is 11.6 Å². The monoisotopic (exact) mass is 259 g/mol. The van der Waals surface area contributed by atoms with Crippen molar-refractivity contribution in [3.8, 4) is 5.75 Å². The van der Waals surface area contributed by atoms with Gasteiger partial charge in [0.15, 0.2) is 0 Å². The van der Waals surface area contributed by atoms with Gasteiger partial charge < -0.3 is 10.0 Å². The van der Waals surface area contributed by atoms with Crippen molar-refractivity contribution in [1.29, 1.82) is 0 Å². The molecule has 2 aromatic rings. The van der Waals surface area contributed by atoms with Gasteiger partial charge in [-0.3, -0.25) is 4.79 Å². The van der Waals surface area contributed by atoms with E-state index >= 15 is 0 Å². The lowest BCUT2D eigenvalue weighted by Crippen LogP contribution is -2.27. The maximum atomic E-state index is 13.6. The molecule has 1 amide bonds. The molecule has 0 aromatic heterocycles. The minimum atomic E-state index is -0.732. The third kappa shape index (κ3) is 2.57. The number of hydrogen-bond donors (Lipinski definition) is 1. The quantitative estimate of drug-likeness (QED) is 0.900. The normalized spacial score (nSPS) is 10.3. The second-order valence-electron chi connectivity index (χ2n) is 4.34. The number of aromatic hydroxyl groups is 1. The number of phenols is 1. The van der Waals surface area contributed by atoms with E-state index < -0.39 is 11.7 Å². The van der Waals surface area contributed by atoms with Gasteiger partial charge in [0.2, 0.25) is 0 Å². The minimum absolute atomic E-state index is 0.313. The molecule has 0 fully saturated rings. The topological polar surface area (TPSA) is 40.5 Å². The van der Waals surface area contributed by atoms with E-state index in [0.29, 0.717) is 5.69 Å². The fraction of sp³-hybridized carbons (Fsp3) is 0.133. The van der Waals surface area contributed by atoms with Crippen molar-refractivity contribution in [1.82, 2.24) is 0 Å². The predicted octanol–water partition coefficient (Wildman–Crippen LogP) is 3.12. The maximum Gasteiger partial charge on any atom is 0.264 e. The number of benzene rings is 2. The van der Waals surface area contributed by atoms with E-state index in [1.54, 1.807) is 13.1 Å². The summed E-state index contributed by atoms with van der Waals surface area (Å²) in [6.07, 6.45) is 0. The van der Waals surface area contributed by atoms with Crippen LogP contribution in [0.4, 0.5) is 10.1 Å². The summed E-state index contributed by atoms with van der Waals surface area (Å²) in [4.78, 5) is 13.5. The SMILES string of the molecule is Cc1cccc(N(C)C(=O)c2c(O)cccc2F)c1. The molecule has 0 atom stereocenters. The number of anilines is 1. The molecule has 0 unspecified atom stereocenters. The van der Waals surface area contributed by atoms with Crippen molar-refractivity contribution in [2.45, 2.75) is 6.92 Å². The first-order chi connectivity index (χ1) is 9.00. The lowest BCUT2D eigenvalue weighted by atomic mass is 10.1. The Morgan fingerprint density at radius 1 is 1.21 bits per heavy atom. The van der Waals surface area contributed by atoms with E-state index in [-0.39, 0.29) is 11.3 Å². The van der Waals surface area contributed by atoms with E-state index in [1.165, 1.54) is 17.0 Å². The van der Waals surface area contributed by atoms with Crippen LogP contribution in [0.5, 0.6) is 5.75 Å². The van der Waals surface area contributed by atoms with Gasteiger partial charge in [-0.25, -0.2) is 4.39 Å². The molecule has 0 aliphatic rings. The molecular formula is C15H14FNO2. The third-order valence-electron chi connectivity index (χ3n) is 2.90. The minimum Gasteiger partial charge on any atom is -0.507 e. The molecule has 4 heteroatoms. The van der Waals surface area contributed by atoms with Gasteiger partial charge in [-0.2, -0.15) is 0 Å². The highest BCUT2D eigenvalue weighted by Crippen LogP contribution is 2.24. The van der Waals surface area contributed by atoms with E-state index in [2.05, 4.69) is 0 Å². The summed E-state index contributed by atoms with van der Waals surface area (Å²) in [7, 11) is 1.54. The van der Waals surface area contributed by atoms with Gasteiger partial charge in [0.1, 0.15) is 17.1 Å². The maximum absolute atomic E-state index is 13.6. The zero-order valence-corrected chi connectivity index (χ0v) is 10.7. The molecule has 19 heavy (non-hydrogen) atoms. The zero-order valence-electron chi connectivity index (χ0n) is 10.7. The van der Waals surface area contributed by atoms with Crippen LogP contribution in [-0.4, -0.2) is 18.1 Å². The molecule has 2 rings (SSSR count). The van der Waals surface area contributed by atoms with Crippen LogP contribution in [-0.2, 0) is 0 Å². The molecule has 0 aliphatic carbocycles. The molecule has 1 N–H and O–H groups in total. The summed E-state index contributed by atoms with van der Waals surface area (Å²) in [6, 6.07) is 11.1. The van der Waals surface area contributed by atoms with Crippen LogP contribution >= 0.6 is 0 Å². The predicted molar refractivity (Wildman–Crippen MR) is 72.0 cm³/mol. The van der Waals surface area contributed by atoms with E-state index in [1.807, 2.05) is 25.1 Å². The average Bonchev–Trinajstić information content (AvgIpc) is 2.37. The fourth-order valence-electron chi connectivity index (χ4n) is 1.85. The first-order valence-corrected chi connectivity index (χ1v) is 5.83. The smallest absolute Gasteiger partial charge is 0.264 e. The van der Waals surface area contributed by atoms with Crippen LogP contribution in [0.1, 0.15) is 15.9 Å². The van der Waals surface area contributed by atoms with Crippen LogP contribution < -0.4 is 4.90 Å². The van der Waals surface area contributed by atoms with Gasteiger partial charge in [0.25, 0.3) is 5.91 Å². The summed E-state index contributed by atoms with van der Waals surface area (Å²) in [6.45, 7) is 1.91. The van der Waals surface area contributed by atoms with E-state index in [0.717, 1.165) is 11.6 Å². The van der Waals surface area contributed by atoms with Crippen molar-refractivity contribution < 1.29 is 14.3 Å². The lowest BCUT2D eigenvalue weighted by molar-refractivity contribution is 0.0986. The summed E-state index contributed by atoms with van der Waals surface area (Å²) < 4.78 is 13.6. The first-order valence-electron chi connectivity index (χ1n) is 5.83. The van der Waals surface area contributed by atoms with Gasteiger partial charge in [0, 0.05) is 12.7 Å². The Hall–Kier alpha value is -2.36. The molecule has 2 aromatic carbocycles. The molecule has 0 radical (unpaired) electrons. The van der Waals surface area contributed by atoms with Crippen LogP contribution in [0, 0.1) is 12.7 Å². The van der Waals surface area contributed by atoms with Crippen molar-refractivity contribution in [2.24, 2.45) is 0 Å². The molecule has 0 heterocycles. The molecule has 3 nitrogen and oxygen atoms in total. The Morgan fingerprint density at radius 2 is 1.89 bits per heavy atom. The van der Waals surface area contributed by atoms with Gasteiger partial charge >= 0.3 is 0 Å². The number of hydrogen-bond acceptors (Lipinski definition) is 2. The largest absolute Gasteiger partial charge is 0.507 e. The average molecular weight is 259 g/mol. The van der Waals surface area contributed by atoms with Crippen molar-refractivity contribution in [2.75, 3.05) is 11.9 Å². The Bertz CT molecular complexity index is 605. The van der Waals surface area contributed by atoms with Crippen LogP contribution in [0.15, 0.2) is 42.5 Å². The highest BCUT2D eigenvalue weighted by atomic mass is 19.1.